The molecule has 4 heteroatoms. The number of hydrogen-bond acceptors (Lipinski definition) is 4. The predicted molar refractivity (Wildman–Crippen MR) is 84.1 cm³/mol. The monoisotopic (exact) mass is 282 g/mol. The molecule has 0 spiro atoms. The molecule has 1 unspecified atom stereocenters. The largest absolute Gasteiger partial charge is 0.492 e. The molecule has 0 aliphatic rings. The first-order chi connectivity index (χ1) is 9.31. The maximum atomic E-state index is 5.53. The molecule has 0 amide bonds. The molecule has 0 fully saturated rings. The molecule has 3 nitrogen and oxygen atoms in total. The Bertz CT molecular complexity index is 347. The number of nitrogens with zero attached hydrogens (tertiary/aromatic N) is 1. The summed E-state index contributed by atoms with van der Waals surface area (Å²) in [4.78, 5) is 4.29. The van der Waals surface area contributed by atoms with Gasteiger partial charge in [-0.25, -0.2) is 0 Å². The van der Waals surface area contributed by atoms with E-state index in [4.69, 9.17) is 4.74 Å². The Morgan fingerprint density at radius 2 is 2.11 bits per heavy atom. The molecule has 108 valence electrons. The van der Waals surface area contributed by atoms with Crippen LogP contribution in [0.4, 0.5) is 0 Å². The van der Waals surface area contributed by atoms with Crippen LogP contribution in [0.5, 0.6) is 5.75 Å². The van der Waals surface area contributed by atoms with Crippen molar-refractivity contribution < 1.29 is 4.74 Å². The van der Waals surface area contributed by atoms with Gasteiger partial charge < -0.3 is 10.1 Å². The smallest absolute Gasteiger partial charge is 0.137 e. The molecular formula is C15H26N2OS. The lowest BCUT2D eigenvalue weighted by Gasteiger charge is -2.19. The molecule has 1 N–H and O–H groups in total. The Hall–Kier alpha value is -0.740. The van der Waals surface area contributed by atoms with Crippen molar-refractivity contribution in [3.8, 4) is 5.75 Å². The van der Waals surface area contributed by atoms with Gasteiger partial charge in [-0.05, 0) is 43.7 Å². The van der Waals surface area contributed by atoms with Crippen molar-refractivity contribution in [2.24, 2.45) is 0 Å². The van der Waals surface area contributed by atoms with E-state index in [1.165, 1.54) is 17.7 Å². The quantitative estimate of drug-likeness (QED) is 0.664. The molecule has 0 aliphatic carbocycles. The van der Waals surface area contributed by atoms with Crippen LogP contribution in [0.1, 0.15) is 45.2 Å². The van der Waals surface area contributed by atoms with Crippen LogP contribution in [0, 0.1) is 0 Å². The number of aromatic nitrogens is 1. The molecule has 1 heterocycles. The van der Waals surface area contributed by atoms with Gasteiger partial charge in [0.05, 0.1) is 12.8 Å². The molecule has 0 saturated carbocycles. The molecule has 0 saturated heterocycles. The second-order valence-electron chi connectivity index (χ2n) is 4.47. The number of ether oxygens (including phenoxy) is 1. The highest BCUT2D eigenvalue weighted by molar-refractivity contribution is 7.99. The van der Waals surface area contributed by atoms with Gasteiger partial charge in [-0.3, -0.25) is 4.98 Å². The van der Waals surface area contributed by atoms with E-state index in [-0.39, 0.29) is 0 Å². The van der Waals surface area contributed by atoms with Crippen LogP contribution in [0.15, 0.2) is 18.5 Å². The fourth-order valence-electron chi connectivity index (χ4n) is 1.81. The second kappa shape index (κ2) is 10.1. The zero-order valence-electron chi connectivity index (χ0n) is 12.3. The van der Waals surface area contributed by atoms with Crippen LogP contribution in [-0.4, -0.2) is 29.6 Å². The second-order valence-corrected chi connectivity index (χ2v) is 5.62. The molecule has 0 radical (unpaired) electrons. The fourth-order valence-corrected chi connectivity index (χ4v) is 2.81. The van der Waals surface area contributed by atoms with Crippen molar-refractivity contribution in [2.45, 2.75) is 39.7 Å². The summed E-state index contributed by atoms with van der Waals surface area (Å²) in [7, 11) is 0. The van der Waals surface area contributed by atoms with Crippen molar-refractivity contribution in [3.63, 3.8) is 0 Å². The van der Waals surface area contributed by atoms with E-state index in [1.54, 1.807) is 6.20 Å². The van der Waals surface area contributed by atoms with E-state index in [0.29, 0.717) is 12.6 Å². The topological polar surface area (TPSA) is 34.2 Å². The Balaban J connectivity index is 2.68. The highest BCUT2D eigenvalue weighted by atomic mass is 32.2. The predicted octanol–water partition coefficient (Wildman–Crippen LogP) is 3.66. The van der Waals surface area contributed by atoms with E-state index < -0.39 is 0 Å². The van der Waals surface area contributed by atoms with Crippen LogP contribution in [0.3, 0.4) is 0 Å². The third-order valence-electron chi connectivity index (χ3n) is 2.72. The SMILES string of the molecule is CCCNC(CSCCC)c1cncc(OCC)c1. The maximum absolute atomic E-state index is 5.53. The number of nitrogens with one attached hydrogen (secondary N) is 1. The summed E-state index contributed by atoms with van der Waals surface area (Å²) in [5.41, 5.74) is 1.23. The number of thioether (sulfide) groups is 1. The van der Waals surface area contributed by atoms with Crippen molar-refractivity contribution in [1.82, 2.24) is 10.3 Å². The lowest BCUT2D eigenvalue weighted by Crippen LogP contribution is -2.24. The minimum absolute atomic E-state index is 0.365. The van der Waals surface area contributed by atoms with Crippen LogP contribution >= 0.6 is 11.8 Å². The van der Waals surface area contributed by atoms with Crippen molar-refractivity contribution in [3.05, 3.63) is 24.0 Å². The molecule has 1 aromatic heterocycles. The molecular weight excluding hydrogens is 256 g/mol. The molecule has 1 atom stereocenters. The van der Waals surface area contributed by atoms with E-state index in [9.17, 15) is 0 Å². The van der Waals surface area contributed by atoms with E-state index in [0.717, 1.165) is 24.5 Å². The average molecular weight is 282 g/mol. The molecule has 0 aliphatic heterocycles. The van der Waals surface area contributed by atoms with Gasteiger partial charge in [-0.15, -0.1) is 0 Å². The summed E-state index contributed by atoms with van der Waals surface area (Å²) >= 11 is 1.99. The van der Waals surface area contributed by atoms with Gasteiger partial charge in [0.2, 0.25) is 0 Å². The van der Waals surface area contributed by atoms with Gasteiger partial charge in [0, 0.05) is 18.0 Å². The zero-order valence-corrected chi connectivity index (χ0v) is 13.1. The summed E-state index contributed by atoms with van der Waals surface area (Å²) in [6.45, 7) is 8.13. The highest BCUT2D eigenvalue weighted by Crippen LogP contribution is 2.22. The van der Waals surface area contributed by atoms with Gasteiger partial charge in [0.15, 0.2) is 0 Å². The van der Waals surface area contributed by atoms with Crippen molar-refractivity contribution >= 4 is 11.8 Å². The molecule has 1 aromatic rings. The zero-order chi connectivity index (χ0) is 13.9. The van der Waals surface area contributed by atoms with E-state index in [2.05, 4.69) is 30.2 Å². The lowest BCUT2D eigenvalue weighted by molar-refractivity contribution is 0.338. The number of hydrogen-bond donors (Lipinski definition) is 1. The standard InChI is InChI=1S/C15H26N2OS/c1-4-7-17-15(12-19-8-5-2)13-9-14(18-6-3)11-16-10-13/h9-11,15,17H,4-8,12H2,1-3H3. The summed E-state index contributed by atoms with van der Waals surface area (Å²) in [5, 5.41) is 3.60. The minimum atomic E-state index is 0.365. The van der Waals surface area contributed by atoms with E-state index >= 15 is 0 Å². The van der Waals surface area contributed by atoms with Gasteiger partial charge >= 0.3 is 0 Å². The Kier molecular flexibility index (Phi) is 8.67. The summed E-state index contributed by atoms with van der Waals surface area (Å²) < 4.78 is 5.53. The molecule has 1 rings (SSSR count). The van der Waals surface area contributed by atoms with Crippen LogP contribution in [0.25, 0.3) is 0 Å². The van der Waals surface area contributed by atoms with Gasteiger partial charge in [-0.2, -0.15) is 11.8 Å². The first-order valence-corrected chi connectivity index (χ1v) is 8.36. The molecule has 0 aromatic carbocycles. The summed E-state index contributed by atoms with van der Waals surface area (Å²) in [5.74, 6) is 3.16. The summed E-state index contributed by atoms with van der Waals surface area (Å²) in [6.07, 6.45) is 6.10. The average Bonchev–Trinajstić information content (AvgIpc) is 2.43. The molecule has 19 heavy (non-hydrogen) atoms. The number of pyridine rings is 1. The Morgan fingerprint density at radius 3 is 2.79 bits per heavy atom. The molecule has 0 bridgehead atoms. The third kappa shape index (κ3) is 6.30. The maximum Gasteiger partial charge on any atom is 0.137 e. The van der Waals surface area contributed by atoms with Crippen LogP contribution in [-0.2, 0) is 0 Å². The van der Waals surface area contributed by atoms with Crippen LogP contribution in [0.2, 0.25) is 0 Å². The Morgan fingerprint density at radius 1 is 1.26 bits per heavy atom. The third-order valence-corrected chi connectivity index (χ3v) is 3.99. The first kappa shape index (κ1) is 16.3. The Labute approximate surface area is 121 Å². The lowest BCUT2D eigenvalue weighted by atomic mass is 10.1. The number of rotatable bonds is 10. The fraction of sp³-hybridized carbons (Fsp3) is 0.667. The minimum Gasteiger partial charge on any atom is -0.492 e. The van der Waals surface area contributed by atoms with Crippen LogP contribution < -0.4 is 10.1 Å². The van der Waals surface area contributed by atoms with Crippen molar-refractivity contribution in [1.29, 1.82) is 0 Å². The van der Waals surface area contributed by atoms with Gasteiger partial charge in [0.1, 0.15) is 5.75 Å². The van der Waals surface area contributed by atoms with Gasteiger partial charge in [-0.1, -0.05) is 13.8 Å². The normalized spacial score (nSPS) is 12.4. The van der Waals surface area contributed by atoms with Crippen molar-refractivity contribution in [2.75, 3.05) is 24.7 Å². The first-order valence-electron chi connectivity index (χ1n) is 7.20. The summed E-state index contributed by atoms with van der Waals surface area (Å²) in [6, 6.07) is 2.47. The highest BCUT2D eigenvalue weighted by Gasteiger charge is 2.12. The van der Waals surface area contributed by atoms with E-state index in [1.807, 2.05) is 24.9 Å². The van der Waals surface area contributed by atoms with Gasteiger partial charge in [0.25, 0.3) is 0 Å².